The molecule has 0 aliphatic carbocycles. The fourth-order valence-electron chi connectivity index (χ4n) is 2.73. The Labute approximate surface area is 124 Å². The Morgan fingerprint density at radius 3 is 2.85 bits per heavy atom. The number of hydrogen-bond acceptors (Lipinski definition) is 3. The molecule has 2 heterocycles. The minimum atomic E-state index is -0.555. The highest BCUT2D eigenvalue weighted by Crippen LogP contribution is 2.29. The first-order valence-electron chi connectivity index (χ1n) is 6.49. The predicted octanol–water partition coefficient (Wildman–Crippen LogP) is 1.60. The lowest BCUT2D eigenvalue weighted by molar-refractivity contribution is -0.132. The van der Waals surface area contributed by atoms with Crippen molar-refractivity contribution >= 4 is 33.7 Å². The molecule has 0 radical (unpaired) electrons. The van der Waals surface area contributed by atoms with Crippen LogP contribution in [0.3, 0.4) is 0 Å². The molecular formula is C14H13BrN2O3. The number of carbonyl (C=O) groups excluding carboxylic acids is 3. The van der Waals surface area contributed by atoms with Crippen LogP contribution in [0.4, 0.5) is 0 Å². The van der Waals surface area contributed by atoms with Crippen LogP contribution in [-0.4, -0.2) is 28.7 Å². The van der Waals surface area contributed by atoms with Crippen LogP contribution in [0.5, 0.6) is 0 Å². The van der Waals surface area contributed by atoms with E-state index in [0.717, 1.165) is 10.0 Å². The summed E-state index contributed by atoms with van der Waals surface area (Å²) >= 11 is 3.38. The summed E-state index contributed by atoms with van der Waals surface area (Å²) in [6, 6.07) is 4.92. The van der Waals surface area contributed by atoms with Crippen molar-refractivity contribution in [1.29, 1.82) is 0 Å². The van der Waals surface area contributed by atoms with Gasteiger partial charge in [-0.05, 0) is 36.6 Å². The number of fused-ring (bicyclic) bond motifs is 1. The minimum Gasteiger partial charge on any atom is -0.322 e. The van der Waals surface area contributed by atoms with Gasteiger partial charge in [0, 0.05) is 23.0 Å². The Morgan fingerprint density at radius 1 is 1.25 bits per heavy atom. The SMILES string of the molecule is O=C1CCCC(N2Cc3cc(Br)ccc3C2=O)C(=O)N1. The molecule has 1 aromatic rings. The van der Waals surface area contributed by atoms with E-state index in [9.17, 15) is 14.4 Å². The van der Waals surface area contributed by atoms with Crippen LogP contribution in [-0.2, 0) is 16.1 Å². The number of benzene rings is 1. The summed E-state index contributed by atoms with van der Waals surface area (Å²) in [4.78, 5) is 37.3. The lowest BCUT2D eigenvalue weighted by atomic mass is 10.1. The highest BCUT2D eigenvalue weighted by Gasteiger charge is 2.37. The van der Waals surface area contributed by atoms with Gasteiger partial charge in [0.25, 0.3) is 5.91 Å². The maximum Gasteiger partial charge on any atom is 0.255 e. The minimum absolute atomic E-state index is 0.137. The van der Waals surface area contributed by atoms with Crippen molar-refractivity contribution in [3.63, 3.8) is 0 Å². The Hall–Kier alpha value is -1.69. The Kier molecular flexibility index (Phi) is 3.33. The molecule has 20 heavy (non-hydrogen) atoms. The van der Waals surface area contributed by atoms with Crippen LogP contribution in [0.15, 0.2) is 22.7 Å². The molecule has 1 saturated heterocycles. The Bertz CT molecular complexity index is 614. The second-order valence-corrected chi connectivity index (χ2v) is 5.97. The van der Waals surface area contributed by atoms with Gasteiger partial charge in [-0.25, -0.2) is 0 Å². The standard InChI is InChI=1S/C14H13BrN2O3/c15-9-4-5-10-8(6-9)7-17(14(10)20)11-2-1-3-12(18)16-13(11)19/h4-6,11H,1-3,7H2,(H,16,18,19). The van der Waals surface area contributed by atoms with Gasteiger partial charge in [-0.3, -0.25) is 19.7 Å². The maximum atomic E-state index is 12.4. The van der Waals surface area contributed by atoms with Crippen LogP contribution in [0.2, 0.25) is 0 Å². The van der Waals surface area contributed by atoms with Crippen LogP contribution >= 0.6 is 15.9 Å². The van der Waals surface area contributed by atoms with Crippen LogP contribution < -0.4 is 5.32 Å². The molecule has 2 aliphatic heterocycles. The topological polar surface area (TPSA) is 66.5 Å². The van der Waals surface area contributed by atoms with Gasteiger partial charge >= 0.3 is 0 Å². The fourth-order valence-corrected chi connectivity index (χ4v) is 3.14. The van der Waals surface area contributed by atoms with Gasteiger partial charge in [0.2, 0.25) is 11.8 Å². The molecule has 0 bridgehead atoms. The van der Waals surface area contributed by atoms with Gasteiger partial charge in [-0.2, -0.15) is 0 Å². The van der Waals surface area contributed by atoms with E-state index in [2.05, 4.69) is 21.2 Å². The van der Waals surface area contributed by atoms with Crippen molar-refractivity contribution in [2.75, 3.05) is 0 Å². The van der Waals surface area contributed by atoms with Gasteiger partial charge in [0.05, 0.1) is 0 Å². The summed E-state index contributed by atoms with van der Waals surface area (Å²) in [6.07, 6.45) is 1.48. The average molecular weight is 337 g/mol. The normalized spacial score (nSPS) is 22.6. The smallest absolute Gasteiger partial charge is 0.255 e. The van der Waals surface area contributed by atoms with Crippen molar-refractivity contribution in [3.8, 4) is 0 Å². The van der Waals surface area contributed by atoms with E-state index in [1.165, 1.54) is 0 Å². The van der Waals surface area contributed by atoms with Gasteiger partial charge in [0.1, 0.15) is 6.04 Å². The molecule has 1 atom stereocenters. The monoisotopic (exact) mass is 336 g/mol. The third-order valence-electron chi connectivity index (χ3n) is 3.72. The number of nitrogens with one attached hydrogen (secondary N) is 1. The van der Waals surface area contributed by atoms with E-state index >= 15 is 0 Å². The largest absolute Gasteiger partial charge is 0.322 e. The van der Waals surface area contributed by atoms with E-state index in [4.69, 9.17) is 0 Å². The number of amides is 3. The third kappa shape index (κ3) is 2.24. The molecule has 1 unspecified atom stereocenters. The number of hydrogen-bond donors (Lipinski definition) is 1. The highest BCUT2D eigenvalue weighted by molar-refractivity contribution is 9.10. The van der Waals surface area contributed by atoms with Gasteiger partial charge in [-0.1, -0.05) is 15.9 Å². The molecule has 0 aromatic heterocycles. The first kappa shape index (κ1) is 13.3. The summed E-state index contributed by atoms with van der Waals surface area (Å²) in [6.45, 7) is 0.417. The molecule has 104 valence electrons. The van der Waals surface area contributed by atoms with Gasteiger partial charge in [-0.15, -0.1) is 0 Å². The molecule has 0 saturated carbocycles. The highest BCUT2D eigenvalue weighted by atomic mass is 79.9. The summed E-state index contributed by atoms with van der Waals surface area (Å²) in [5, 5.41) is 2.35. The summed E-state index contributed by atoms with van der Waals surface area (Å²) in [5.74, 6) is -0.765. The Morgan fingerprint density at radius 2 is 2.05 bits per heavy atom. The van der Waals surface area contributed by atoms with E-state index < -0.39 is 6.04 Å². The van der Waals surface area contributed by atoms with Gasteiger partial charge in [0.15, 0.2) is 0 Å². The average Bonchev–Trinajstić information content (AvgIpc) is 2.60. The lowest BCUT2D eigenvalue weighted by Crippen LogP contribution is -2.46. The van der Waals surface area contributed by atoms with E-state index in [1.54, 1.807) is 11.0 Å². The third-order valence-corrected chi connectivity index (χ3v) is 4.22. The molecule has 3 amide bonds. The number of imide groups is 1. The zero-order valence-electron chi connectivity index (χ0n) is 10.7. The molecule has 1 fully saturated rings. The van der Waals surface area contributed by atoms with Crippen molar-refractivity contribution in [2.24, 2.45) is 0 Å². The molecule has 6 heteroatoms. The molecule has 1 N–H and O–H groups in total. The second kappa shape index (κ2) is 5.01. The number of nitrogens with zero attached hydrogens (tertiary/aromatic N) is 1. The summed E-state index contributed by atoms with van der Waals surface area (Å²) in [5.41, 5.74) is 1.55. The van der Waals surface area contributed by atoms with Crippen molar-refractivity contribution < 1.29 is 14.4 Å². The molecule has 0 spiro atoms. The summed E-state index contributed by atoms with van der Waals surface area (Å²) < 4.78 is 0.909. The van der Waals surface area contributed by atoms with Crippen LogP contribution in [0, 0.1) is 0 Å². The molecule has 2 aliphatic rings. The fraction of sp³-hybridized carbons (Fsp3) is 0.357. The zero-order chi connectivity index (χ0) is 14.3. The number of carbonyl (C=O) groups is 3. The van der Waals surface area contributed by atoms with Crippen molar-refractivity contribution in [2.45, 2.75) is 31.8 Å². The lowest BCUT2D eigenvalue weighted by Gasteiger charge is -2.24. The first-order chi connectivity index (χ1) is 9.56. The Balaban J connectivity index is 1.87. The van der Waals surface area contributed by atoms with Gasteiger partial charge < -0.3 is 4.90 Å². The van der Waals surface area contributed by atoms with Crippen LogP contribution in [0.25, 0.3) is 0 Å². The van der Waals surface area contributed by atoms with Crippen LogP contribution in [0.1, 0.15) is 35.2 Å². The zero-order valence-corrected chi connectivity index (χ0v) is 12.3. The second-order valence-electron chi connectivity index (χ2n) is 5.05. The molecule has 5 nitrogen and oxygen atoms in total. The first-order valence-corrected chi connectivity index (χ1v) is 7.28. The number of rotatable bonds is 1. The predicted molar refractivity (Wildman–Crippen MR) is 74.8 cm³/mol. The molecular weight excluding hydrogens is 324 g/mol. The summed E-state index contributed by atoms with van der Waals surface area (Å²) in [7, 11) is 0. The van der Waals surface area contributed by atoms with E-state index in [0.29, 0.717) is 31.4 Å². The number of halogens is 1. The molecule has 1 aromatic carbocycles. The quantitative estimate of drug-likeness (QED) is 0.792. The van der Waals surface area contributed by atoms with Crippen molar-refractivity contribution in [3.05, 3.63) is 33.8 Å². The van der Waals surface area contributed by atoms with Crippen molar-refractivity contribution in [1.82, 2.24) is 10.2 Å². The van der Waals surface area contributed by atoms with E-state index in [1.807, 2.05) is 12.1 Å². The maximum absolute atomic E-state index is 12.4. The molecule has 3 rings (SSSR count). The van der Waals surface area contributed by atoms with E-state index in [-0.39, 0.29) is 17.7 Å².